The van der Waals surface area contributed by atoms with Gasteiger partial charge in [-0.2, -0.15) is 0 Å². The first-order valence-corrected chi connectivity index (χ1v) is 9.79. The molecule has 0 unspecified atom stereocenters. The van der Waals surface area contributed by atoms with E-state index < -0.39 is 0 Å². The van der Waals surface area contributed by atoms with Crippen LogP contribution in [0.2, 0.25) is 0 Å². The summed E-state index contributed by atoms with van der Waals surface area (Å²) in [7, 11) is 0. The SMILES string of the molecule is CC(=O)NCC(=O)N1C[C@@H](c2ccc3c(c2)OCO3)[C@@H]2[C@H]1C1CCN2CC1. The second kappa shape index (κ2) is 6.41. The van der Waals surface area contributed by atoms with Crippen molar-refractivity contribution in [3.63, 3.8) is 0 Å². The summed E-state index contributed by atoms with van der Waals surface area (Å²) in [6.07, 6.45) is 2.30. The number of fused-ring (bicyclic) bond motifs is 3. The van der Waals surface area contributed by atoms with Gasteiger partial charge < -0.3 is 19.7 Å². The molecule has 27 heavy (non-hydrogen) atoms. The van der Waals surface area contributed by atoms with Gasteiger partial charge in [-0.3, -0.25) is 14.5 Å². The van der Waals surface area contributed by atoms with Gasteiger partial charge >= 0.3 is 0 Å². The first kappa shape index (κ1) is 16.9. The lowest BCUT2D eigenvalue weighted by molar-refractivity contribution is -0.136. The van der Waals surface area contributed by atoms with Crippen LogP contribution in [0.1, 0.15) is 31.2 Å². The lowest BCUT2D eigenvalue weighted by Gasteiger charge is -2.51. The average Bonchev–Trinajstić information content (AvgIpc) is 3.32. The third-order valence-electron chi connectivity index (χ3n) is 6.63. The summed E-state index contributed by atoms with van der Waals surface area (Å²) in [5.41, 5.74) is 1.21. The number of piperidine rings is 3. The van der Waals surface area contributed by atoms with Gasteiger partial charge in [0.25, 0.3) is 0 Å². The molecule has 0 aliphatic carbocycles. The van der Waals surface area contributed by atoms with Crippen LogP contribution in [-0.4, -0.2) is 66.7 Å². The van der Waals surface area contributed by atoms with Crippen molar-refractivity contribution in [2.45, 2.75) is 37.8 Å². The summed E-state index contributed by atoms with van der Waals surface area (Å²) < 4.78 is 11.0. The van der Waals surface area contributed by atoms with Gasteiger partial charge in [-0.15, -0.1) is 0 Å². The minimum absolute atomic E-state index is 0.0252. The lowest BCUT2D eigenvalue weighted by atomic mass is 9.75. The maximum atomic E-state index is 12.9. The Kier molecular flexibility index (Phi) is 4.00. The predicted molar refractivity (Wildman–Crippen MR) is 97.6 cm³/mol. The molecule has 1 aromatic carbocycles. The smallest absolute Gasteiger partial charge is 0.242 e. The zero-order chi connectivity index (χ0) is 18.5. The molecule has 6 rings (SSSR count). The first-order chi connectivity index (χ1) is 13.1. The van der Waals surface area contributed by atoms with E-state index in [1.807, 2.05) is 11.0 Å². The highest BCUT2D eigenvalue weighted by Crippen LogP contribution is 2.47. The van der Waals surface area contributed by atoms with Crippen molar-refractivity contribution >= 4 is 11.8 Å². The van der Waals surface area contributed by atoms with Gasteiger partial charge in [0.1, 0.15) is 0 Å². The van der Waals surface area contributed by atoms with Crippen LogP contribution >= 0.6 is 0 Å². The second-order valence-corrected chi connectivity index (χ2v) is 8.03. The van der Waals surface area contributed by atoms with Crippen molar-refractivity contribution in [1.82, 2.24) is 15.1 Å². The number of likely N-dealkylation sites (tertiary alicyclic amines) is 1. The van der Waals surface area contributed by atoms with Gasteiger partial charge in [-0.1, -0.05) is 6.07 Å². The highest BCUT2D eigenvalue weighted by Gasteiger charge is 2.54. The summed E-state index contributed by atoms with van der Waals surface area (Å²) in [5.74, 6) is 2.26. The molecule has 4 saturated heterocycles. The van der Waals surface area contributed by atoms with E-state index in [0.717, 1.165) is 37.4 Å². The number of rotatable bonds is 3. The van der Waals surface area contributed by atoms with Crippen LogP contribution in [0.4, 0.5) is 0 Å². The van der Waals surface area contributed by atoms with Crippen LogP contribution in [0.5, 0.6) is 11.5 Å². The predicted octanol–water partition coefficient (Wildman–Crippen LogP) is 0.940. The first-order valence-electron chi connectivity index (χ1n) is 9.79. The van der Waals surface area contributed by atoms with Crippen molar-refractivity contribution in [2.75, 3.05) is 33.0 Å². The zero-order valence-electron chi connectivity index (χ0n) is 15.5. The van der Waals surface area contributed by atoms with Crippen molar-refractivity contribution in [2.24, 2.45) is 5.92 Å². The van der Waals surface area contributed by atoms with Crippen LogP contribution < -0.4 is 14.8 Å². The summed E-state index contributed by atoms with van der Waals surface area (Å²) in [6, 6.07) is 6.75. The molecular weight excluding hydrogens is 346 g/mol. The fourth-order valence-electron chi connectivity index (χ4n) is 5.44. The summed E-state index contributed by atoms with van der Waals surface area (Å²) in [5, 5.41) is 2.67. The number of carbonyl (C=O) groups is 2. The zero-order valence-corrected chi connectivity index (χ0v) is 15.5. The Morgan fingerprint density at radius 3 is 2.70 bits per heavy atom. The van der Waals surface area contributed by atoms with Gasteiger partial charge in [0.15, 0.2) is 11.5 Å². The Labute approximate surface area is 158 Å². The molecular formula is C20H25N3O4. The Morgan fingerprint density at radius 1 is 1.15 bits per heavy atom. The molecule has 2 bridgehead atoms. The fourth-order valence-corrected chi connectivity index (χ4v) is 5.44. The van der Waals surface area contributed by atoms with E-state index in [4.69, 9.17) is 9.47 Å². The summed E-state index contributed by atoms with van der Waals surface area (Å²) >= 11 is 0. The molecule has 0 spiro atoms. The van der Waals surface area contributed by atoms with Crippen LogP contribution in [0.25, 0.3) is 0 Å². The molecule has 5 heterocycles. The standard InChI is InChI=1S/C20H25N3O4/c1-12(24)21-9-18(25)23-10-15(14-2-3-16-17(8-14)27-11-26-16)20-19(23)13-4-6-22(20)7-5-13/h2-3,8,13,15,19-20H,4-7,9-11H2,1H3,(H,21,24)/t15-,19+,20+/m0/s1. The van der Waals surface area contributed by atoms with Gasteiger partial charge in [0.05, 0.1) is 12.6 Å². The van der Waals surface area contributed by atoms with E-state index in [-0.39, 0.29) is 37.1 Å². The molecule has 7 nitrogen and oxygen atoms in total. The molecule has 0 aromatic heterocycles. The number of amides is 2. The third-order valence-corrected chi connectivity index (χ3v) is 6.63. The molecule has 1 N–H and O–H groups in total. The van der Waals surface area contributed by atoms with Crippen LogP contribution in [0.3, 0.4) is 0 Å². The van der Waals surface area contributed by atoms with E-state index in [1.54, 1.807) is 0 Å². The molecule has 5 aliphatic rings. The Hall–Kier alpha value is -2.28. The monoisotopic (exact) mass is 371 g/mol. The normalized spacial score (nSPS) is 33.1. The van der Waals surface area contributed by atoms with E-state index in [0.29, 0.717) is 18.5 Å². The molecule has 2 amide bonds. The average molecular weight is 371 g/mol. The van der Waals surface area contributed by atoms with Crippen LogP contribution in [0, 0.1) is 5.92 Å². The lowest BCUT2D eigenvalue weighted by Crippen LogP contribution is -2.61. The largest absolute Gasteiger partial charge is 0.454 e. The molecule has 3 atom stereocenters. The number of hydrogen-bond donors (Lipinski definition) is 1. The minimum Gasteiger partial charge on any atom is -0.454 e. The maximum absolute atomic E-state index is 12.9. The van der Waals surface area contributed by atoms with E-state index in [1.165, 1.54) is 12.5 Å². The highest BCUT2D eigenvalue weighted by molar-refractivity contribution is 5.84. The van der Waals surface area contributed by atoms with Gasteiger partial charge in [0.2, 0.25) is 18.6 Å². The molecule has 7 heteroatoms. The van der Waals surface area contributed by atoms with Crippen molar-refractivity contribution in [3.8, 4) is 11.5 Å². The number of ether oxygens (including phenoxy) is 2. The van der Waals surface area contributed by atoms with E-state index in [9.17, 15) is 9.59 Å². The van der Waals surface area contributed by atoms with Crippen molar-refractivity contribution in [1.29, 1.82) is 0 Å². The summed E-state index contributed by atoms with van der Waals surface area (Å²) in [4.78, 5) is 28.7. The number of nitrogens with zero attached hydrogens (tertiary/aromatic N) is 2. The number of hydrogen-bond acceptors (Lipinski definition) is 5. The quantitative estimate of drug-likeness (QED) is 0.856. The van der Waals surface area contributed by atoms with Gasteiger partial charge in [0, 0.05) is 25.4 Å². The Morgan fingerprint density at radius 2 is 1.93 bits per heavy atom. The van der Waals surface area contributed by atoms with E-state index >= 15 is 0 Å². The number of carbonyl (C=O) groups excluding carboxylic acids is 2. The molecule has 4 fully saturated rings. The Bertz CT molecular complexity index is 774. The van der Waals surface area contributed by atoms with Crippen LogP contribution in [-0.2, 0) is 9.59 Å². The third kappa shape index (κ3) is 2.76. The van der Waals surface area contributed by atoms with Gasteiger partial charge in [-0.25, -0.2) is 0 Å². The molecule has 5 aliphatic heterocycles. The molecule has 144 valence electrons. The topological polar surface area (TPSA) is 71.1 Å². The fraction of sp³-hybridized carbons (Fsp3) is 0.600. The molecule has 0 saturated carbocycles. The maximum Gasteiger partial charge on any atom is 0.242 e. The van der Waals surface area contributed by atoms with Crippen molar-refractivity contribution in [3.05, 3.63) is 23.8 Å². The van der Waals surface area contributed by atoms with Gasteiger partial charge in [-0.05, 0) is 49.5 Å². The minimum atomic E-state index is -0.166. The number of benzene rings is 1. The highest BCUT2D eigenvalue weighted by atomic mass is 16.7. The summed E-state index contributed by atoms with van der Waals surface area (Å²) in [6.45, 7) is 4.72. The Balaban J connectivity index is 1.45. The molecule has 0 radical (unpaired) electrons. The second-order valence-electron chi connectivity index (χ2n) is 8.03. The number of nitrogens with one attached hydrogen (secondary N) is 1. The van der Waals surface area contributed by atoms with Crippen LogP contribution in [0.15, 0.2) is 18.2 Å². The van der Waals surface area contributed by atoms with Crippen molar-refractivity contribution < 1.29 is 19.1 Å². The van der Waals surface area contributed by atoms with E-state index in [2.05, 4.69) is 22.3 Å². The molecule has 1 aromatic rings.